The summed E-state index contributed by atoms with van der Waals surface area (Å²) >= 11 is 0. The summed E-state index contributed by atoms with van der Waals surface area (Å²) in [5.41, 5.74) is 7.60. The molecule has 0 bridgehead atoms. The zero-order valence-electron chi connectivity index (χ0n) is 9.23. The number of nitrogens with zero attached hydrogens (tertiary/aromatic N) is 1. The molecule has 0 aromatic heterocycles. The molecule has 1 aliphatic heterocycles. The molecule has 86 valence electrons. The number of carbonyl (C=O) groups is 1. The predicted octanol–water partition coefficient (Wildman–Crippen LogP) is 0.242. The molecule has 0 saturated carbocycles. The molecule has 1 unspecified atom stereocenters. The second-order valence-electron chi connectivity index (χ2n) is 4.12. The number of piperazine rings is 1. The van der Waals surface area contributed by atoms with Gasteiger partial charge in [-0.25, -0.2) is 0 Å². The Hall–Kier alpha value is -1.39. The van der Waals surface area contributed by atoms with E-state index in [0.29, 0.717) is 0 Å². The predicted molar refractivity (Wildman–Crippen MR) is 64.0 cm³/mol. The molecular weight excluding hydrogens is 202 g/mol. The Labute approximate surface area is 95.4 Å². The van der Waals surface area contributed by atoms with Crippen molar-refractivity contribution in [3.8, 4) is 0 Å². The van der Waals surface area contributed by atoms with Gasteiger partial charge >= 0.3 is 0 Å². The number of benzene rings is 1. The number of nitrogen functional groups attached to an aromatic ring is 1. The highest BCUT2D eigenvalue weighted by Gasteiger charge is 2.21. The molecule has 1 heterocycles. The smallest absolute Gasteiger partial charge is 0.138 e. The van der Waals surface area contributed by atoms with E-state index in [2.05, 4.69) is 10.2 Å². The van der Waals surface area contributed by atoms with Gasteiger partial charge in [-0.05, 0) is 17.7 Å². The van der Waals surface area contributed by atoms with Gasteiger partial charge in [-0.1, -0.05) is 12.1 Å². The summed E-state index contributed by atoms with van der Waals surface area (Å²) in [5, 5.41) is 3.22. The maximum absolute atomic E-state index is 10.9. The van der Waals surface area contributed by atoms with Crippen LogP contribution in [0.5, 0.6) is 0 Å². The van der Waals surface area contributed by atoms with Crippen molar-refractivity contribution in [1.29, 1.82) is 0 Å². The van der Waals surface area contributed by atoms with Crippen molar-refractivity contribution in [2.45, 2.75) is 12.6 Å². The molecule has 1 atom stereocenters. The Morgan fingerprint density at radius 3 is 2.88 bits per heavy atom. The van der Waals surface area contributed by atoms with Gasteiger partial charge in [0, 0.05) is 31.9 Å². The van der Waals surface area contributed by atoms with Crippen molar-refractivity contribution >= 4 is 12.0 Å². The number of nitrogens with one attached hydrogen (secondary N) is 1. The lowest BCUT2D eigenvalue weighted by molar-refractivity contribution is -0.113. The second-order valence-corrected chi connectivity index (χ2v) is 4.12. The summed E-state index contributed by atoms with van der Waals surface area (Å²) in [6.45, 7) is 3.41. The van der Waals surface area contributed by atoms with E-state index in [1.54, 1.807) is 0 Å². The van der Waals surface area contributed by atoms with Gasteiger partial charge in [0.05, 0.1) is 6.04 Å². The standard InChI is InChI=1S/C12H17N3O/c13-11-3-1-10(2-4-11)8-15-6-5-14-7-12(15)9-16/h1-4,9,12,14H,5-8,13H2. The van der Waals surface area contributed by atoms with Gasteiger partial charge in [-0.2, -0.15) is 0 Å². The Balaban J connectivity index is 2.02. The van der Waals surface area contributed by atoms with Gasteiger partial charge in [0.15, 0.2) is 0 Å². The number of rotatable bonds is 3. The molecule has 0 amide bonds. The van der Waals surface area contributed by atoms with E-state index in [4.69, 9.17) is 5.73 Å². The fourth-order valence-electron chi connectivity index (χ4n) is 1.96. The van der Waals surface area contributed by atoms with Crippen LogP contribution in [0.25, 0.3) is 0 Å². The molecule has 1 saturated heterocycles. The van der Waals surface area contributed by atoms with Crippen molar-refractivity contribution < 1.29 is 4.79 Å². The lowest BCUT2D eigenvalue weighted by atomic mass is 10.1. The van der Waals surface area contributed by atoms with Crippen molar-refractivity contribution in [3.63, 3.8) is 0 Å². The topological polar surface area (TPSA) is 58.4 Å². The Morgan fingerprint density at radius 2 is 2.19 bits per heavy atom. The van der Waals surface area contributed by atoms with Crippen LogP contribution in [0.4, 0.5) is 5.69 Å². The van der Waals surface area contributed by atoms with E-state index >= 15 is 0 Å². The molecule has 16 heavy (non-hydrogen) atoms. The highest BCUT2D eigenvalue weighted by molar-refractivity contribution is 5.58. The molecule has 1 aromatic carbocycles. The van der Waals surface area contributed by atoms with Crippen molar-refractivity contribution in [1.82, 2.24) is 10.2 Å². The van der Waals surface area contributed by atoms with Gasteiger partial charge in [0.1, 0.15) is 6.29 Å². The molecule has 1 fully saturated rings. The van der Waals surface area contributed by atoms with E-state index in [1.165, 1.54) is 5.56 Å². The Bertz CT molecular complexity index is 350. The fraction of sp³-hybridized carbons (Fsp3) is 0.417. The molecule has 0 radical (unpaired) electrons. The molecule has 2 rings (SSSR count). The van der Waals surface area contributed by atoms with Gasteiger partial charge in [0.25, 0.3) is 0 Å². The van der Waals surface area contributed by atoms with Crippen LogP contribution in [-0.4, -0.2) is 36.9 Å². The van der Waals surface area contributed by atoms with E-state index in [-0.39, 0.29) is 6.04 Å². The molecule has 3 N–H and O–H groups in total. The summed E-state index contributed by atoms with van der Waals surface area (Å²) in [5.74, 6) is 0. The number of hydrogen-bond acceptors (Lipinski definition) is 4. The van der Waals surface area contributed by atoms with Crippen LogP contribution in [0.2, 0.25) is 0 Å². The van der Waals surface area contributed by atoms with Crippen LogP contribution >= 0.6 is 0 Å². The third-order valence-electron chi connectivity index (χ3n) is 2.92. The van der Waals surface area contributed by atoms with E-state index in [0.717, 1.165) is 38.2 Å². The average molecular weight is 219 g/mol. The summed E-state index contributed by atoms with van der Waals surface area (Å²) in [7, 11) is 0. The van der Waals surface area contributed by atoms with Crippen LogP contribution in [0.15, 0.2) is 24.3 Å². The minimum atomic E-state index is -0.00805. The monoisotopic (exact) mass is 219 g/mol. The van der Waals surface area contributed by atoms with Gasteiger partial charge in [-0.15, -0.1) is 0 Å². The van der Waals surface area contributed by atoms with Crippen LogP contribution in [-0.2, 0) is 11.3 Å². The summed E-state index contributed by atoms with van der Waals surface area (Å²) in [6.07, 6.45) is 1.02. The number of anilines is 1. The zero-order valence-corrected chi connectivity index (χ0v) is 9.23. The van der Waals surface area contributed by atoms with Crippen LogP contribution < -0.4 is 11.1 Å². The third-order valence-corrected chi connectivity index (χ3v) is 2.92. The molecule has 1 aliphatic rings. The minimum Gasteiger partial charge on any atom is -0.399 e. The summed E-state index contributed by atoms with van der Waals surface area (Å²) in [4.78, 5) is 13.1. The summed E-state index contributed by atoms with van der Waals surface area (Å²) < 4.78 is 0. The zero-order chi connectivity index (χ0) is 11.4. The van der Waals surface area contributed by atoms with E-state index in [1.807, 2.05) is 24.3 Å². The molecule has 0 aliphatic carbocycles. The van der Waals surface area contributed by atoms with Crippen molar-refractivity contribution in [2.24, 2.45) is 0 Å². The minimum absolute atomic E-state index is 0.00805. The van der Waals surface area contributed by atoms with Crippen LogP contribution in [0.1, 0.15) is 5.56 Å². The van der Waals surface area contributed by atoms with Gasteiger partial charge in [-0.3, -0.25) is 4.90 Å². The van der Waals surface area contributed by atoms with Crippen LogP contribution in [0.3, 0.4) is 0 Å². The molecule has 4 heteroatoms. The third kappa shape index (κ3) is 2.59. The number of aldehydes is 1. The maximum Gasteiger partial charge on any atom is 0.138 e. The molecule has 0 spiro atoms. The first-order valence-electron chi connectivity index (χ1n) is 5.54. The van der Waals surface area contributed by atoms with E-state index in [9.17, 15) is 4.79 Å². The first-order chi connectivity index (χ1) is 7.79. The second kappa shape index (κ2) is 5.09. The van der Waals surface area contributed by atoms with E-state index < -0.39 is 0 Å². The lowest BCUT2D eigenvalue weighted by Gasteiger charge is -2.32. The normalized spacial score (nSPS) is 21.9. The van der Waals surface area contributed by atoms with Crippen molar-refractivity contribution in [2.75, 3.05) is 25.4 Å². The quantitative estimate of drug-likeness (QED) is 0.565. The Morgan fingerprint density at radius 1 is 1.44 bits per heavy atom. The molecule has 1 aromatic rings. The highest BCUT2D eigenvalue weighted by atomic mass is 16.1. The number of hydrogen-bond donors (Lipinski definition) is 2. The Kier molecular flexibility index (Phi) is 3.54. The lowest BCUT2D eigenvalue weighted by Crippen LogP contribution is -2.51. The van der Waals surface area contributed by atoms with Crippen LogP contribution in [0, 0.1) is 0 Å². The molecular formula is C12H17N3O. The van der Waals surface area contributed by atoms with Gasteiger partial charge in [0.2, 0.25) is 0 Å². The average Bonchev–Trinajstić information content (AvgIpc) is 2.33. The fourth-order valence-corrected chi connectivity index (χ4v) is 1.96. The van der Waals surface area contributed by atoms with Crippen molar-refractivity contribution in [3.05, 3.63) is 29.8 Å². The highest BCUT2D eigenvalue weighted by Crippen LogP contribution is 2.11. The largest absolute Gasteiger partial charge is 0.399 e. The maximum atomic E-state index is 10.9. The number of carbonyl (C=O) groups excluding carboxylic acids is 1. The first-order valence-corrected chi connectivity index (χ1v) is 5.54. The first kappa shape index (κ1) is 11.1. The summed E-state index contributed by atoms with van der Waals surface area (Å²) in [6, 6.07) is 7.81. The molecule has 4 nitrogen and oxygen atoms in total. The van der Waals surface area contributed by atoms with Gasteiger partial charge < -0.3 is 15.8 Å². The SMILES string of the molecule is Nc1ccc(CN2CCNCC2C=O)cc1. The number of nitrogens with two attached hydrogens (primary N) is 1.